The normalized spacial score (nSPS) is 11.5. The largest absolute Gasteiger partial charge is 0.297 e. The predicted molar refractivity (Wildman–Crippen MR) is 131 cm³/mol. The first-order chi connectivity index (χ1) is 15.2. The maximum Gasteiger partial charge on any atom is 0.138 e. The minimum Gasteiger partial charge on any atom is -0.297 e. The Labute approximate surface area is 185 Å². The molecule has 0 atom stereocenters. The van der Waals surface area contributed by atoms with Gasteiger partial charge >= 0.3 is 0 Å². The van der Waals surface area contributed by atoms with E-state index in [1.807, 2.05) is 18.3 Å². The number of nitrogens with zero attached hydrogens (tertiary/aromatic N) is 2. The number of aryl methyl sites for hydroxylation is 1. The van der Waals surface area contributed by atoms with Crippen molar-refractivity contribution in [3.05, 3.63) is 108 Å². The van der Waals surface area contributed by atoms with Gasteiger partial charge in [0.25, 0.3) is 0 Å². The maximum atomic E-state index is 6.42. The number of benzene rings is 4. The quantitative estimate of drug-likeness (QED) is 0.279. The van der Waals surface area contributed by atoms with Gasteiger partial charge in [-0.1, -0.05) is 96.0 Å². The lowest BCUT2D eigenvalue weighted by molar-refractivity contribution is 1.23. The summed E-state index contributed by atoms with van der Waals surface area (Å²) in [6.07, 6.45) is 1.97. The Morgan fingerprint density at radius 3 is 2.10 bits per heavy atom. The molecule has 0 saturated carbocycles. The fourth-order valence-corrected chi connectivity index (χ4v) is 4.72. The van der Waals surface area contributed by atoms with E-state index in [0.717, 1.165) is 27.6 Å². The first-order valence-electron chi connectivity index (χ1n) is 10.4. The van der Waals surface area contributed by atoms with E-state index in [0.29, 0.717) is 5.02 Å². The fraction of sp³-hybridized carbons (Fsp3) is 0.0357. The predicted octanol–water partition coefficient (Wildman–Crippen LogP) is 7.94. The Kier molecular flexibility index (Phi) is 4.09. The molecule has 0 fully saturated rings. The smallest absolute Gasteiger partial charge is 0.138 e. The Morgan fingerprint density at radius 1 is 0.710 bits per heavy atom. The molecule has 2 nitrogen and oxygen atoms in total. The van der Waals surface area contributed by atoms with E-state index >= 15 is 0 Å². The molecule has 0 saturated heterocycles. The molecule has 6 rings (SSSR count). The summed E-state index contributed by atoms with van der Waals surface area (Å²) in [5.74, 6) is 0. The zero-order valence-corrected chi connectivity index (χ0v) is 17.8. The molecule has 4 aromatic carbocycles. The molecule has 2 heterocycles. The van der Waals surface area contributed by atoms with Gasteiger partial charge in [-0.25, -0.2) is 4.98 Å². The molecule has 31 heavy (non-hydrogen) atoms. The van der Waals surface area contributed by atoms with Gasteiger partial charge in [-0.05, 0) is 41.1 Å². The molecule has 6 aromatic rings. The van der Waals surface area contributed by atoms with Crippen LogP contribution in [0.15, 0.2) is 97.2 Å². The lowest BCUT2D eigenvalue weighted by Crippen LogP contribution is -1.94. The minimum absolute atomic E-state index is 0.691. The second-order valence-electron chi connectivity index (χ2n) is 7.92. The SMILES string of the molecule is Cc1ccc2c(c1)c(-c1ccccc1)c(-c1ccccc1)c1c2nc2ccc(Cl)cn21. The van der Waals surface area contributed by atoms with Gasteiger partial charge in [0.1, 0.15) is 5.65 Å². The molecule has 0 aliphatic carbocycles. The molecule has 3 heteroatoms. The molecule has 0 amide bonds. The average Bonchev–Trinajstić information content (AvgIpc) is 3.17. The van der Waals surface area contributed by atoms with Crippen molar-refractivity contribution >= 4 is 39.1 Å². The third kappa shape index (κ3) is 2.83. The Hall–Kier alpha value is -3.62. The third-order valence-corrected chi connectivity index (χ3v) is 6.12. The molecule has 0 spiro atoms. The molecule has 0 radical (unpaired) electrons. The summed E-state index contributed by atoms with van der Waals surface area (Å²) in [6.45, 7) is 2.14. The summed E-state index contributed by atoms with van der Waals surface area (Å²) >= 11 is 6.42. The van der Waals surface area contributed by atoms with Crippen molar-refractivity contribution in [2.24, 2.45) is 0 Å². The van der Waals surface area contributed by atoms with Crippen molar-refractivity contribution < 1.29 is 0 Å². The number of rotatable bonds is 2. The highest BCUT2D eigenvalue weighted by molar-refractivity contribution is 6.30. The summed E-state index contributed by atoms with van der Waals surface area (Å²) in [4.78, 5) is 5.04. The number of imidazole rings is 1. The monoisotopic (exact) mass is 418 g/mol. The van der Waals surface area contributed by atoms with Crippen molar-refractivity contribution in [1.29, 1.82) is 0 Å². The van der Waals surface area contributed by atoms with E-state index in [4.69, 9.17) is 16.6 Å². The van der Waals surface area contributed by atoms with Crippen molar-refractivity contribution in [3.63, 3.8) is 0 Å². The average molecular weight is 419 g/mol. The van der Waals surface area contributed by atoms with Crippen LogP contribution >= 0.6 is 11.6 Å². The van der Waals surface area contributed by atoms with Gasteiger partial charge in [-0.3, -0.25) is 4.40 Å². The van der Waals surface area contributed by atoms with E-state index in [1.165, 1.54) is 27.6 Å². The first-order valence-corrected chi connectivity index (χ1v) is 10.7. The fourth-order valence-electron chi connectivity index (χ4n) is 4.56. The van der Waals surface area contributed by atoms with E-state index in [1.54, 1.807) is 0 Å². The van der Waals surface area contributed by atoms with Gasteiger partial charge in [0.2, 0.25) is 0 Å². The van der Waals surface area contributed by atoms with Crippen molar-refractivity contribution in [2.45, 2.75) is 6.92 Å². The summed E-state index contributed by atoms with van der Waals surface area (Å²) < 4.78 is 2.13. The Balaban J connectivity index is 1.95. The summed E-state index contributed by atoms with van der Waals surface area (Å²) in [6, 6.07) is 31.7. The number of aromatic nitrogens is 2. The number of halogens is 1. The molecular formula is C28H19ClN2. The number of hydrogen-bond donors (Lipinski definition) is 0. The number of fused-ring (bicyclic) bond motifs is 5. The first kappa shape index (κ1) is 18.2. The van der Waals surface area contributed by atoms with Gasteiger partial charge in [0.15, 0.2) is 0 Å². The second kappa shape index (κ2) is 6.97. The zero-order valence-electron chi connectivity index (χ0n) is 17.0. The molecule has 0 N–H and O–H groups in total. The van der Waals surface area contributed by atoms with Gasteiger partial charge in [0, 0.05) is 17.1 Å². The van der Waals surface area contributed by atoms with Gasteiger partial charge in [0.05, 0.1) is 16.1 Å². The lowest BCUT2D eigenvalue weighted by Gasteiger charge is -2.17. The molecule has 0 aliphatic rings. The molecule has 0 bridgehead atoms. The van der Waals surface area contributed by atoms with Crippen LogP contribution in [0.4, 0.5) is 0 Å². The topological polar surface area (TPSA) is 17.3 Å². The molecule has 0 aliphatic heterocycles. The number of hydrogen-bond acceptors (Lipinski definition) is 1. The highest BCUT2D eigenvalue weighted by Gasteiger charge is 2.21. The van der Waals surface area contributed by atoms with Crippen LogP contribution in [0.1, 0.15) is 5.56 Å². The Bertz CT molecular complexity index is 1580. The van der Waals surface area contributed by atoms with Crippen molar-refractivity contribution in [3.8, 4) is 22.3 Å². The van der Waals surface area contributed by atoms with Crippen LogP contribution in [0.3, 0.4) is 0 Å². The summed E-state index contributed by atoms with van der Waals surface area (Å²) in [7, 11) is 0. The van der Waals surface area contributed by atoms with Crippen LogP contribution in [0.25, 0.3) is 49.7 Å². The van der Waals surface area contributed by atoms with Crippen LogP contribution in [0.5, 0.6) is 0 Å². The third-order valence-electron chi connectivity index (χ3n) is 5.89. The van der Waals surface area contributed by atoms with E-state index in [-0.39, 0.29) is 0 Å². The molecule has 148 valence electrons. The van der Waals surface area contributed by atoms with Crippen molar-refractivity contribution in [2.75, 3.05) is 0 Å². The van der Waals surface area contributed by atoms with E-state index in [9.17, 15) is 0 Å². The highest BCUT2D eigenvalue weighted by atomic mass is 35.5. The summed E-state index contributed by atoms with van der Waals surface area (Å²) in [5.41, 5.74) is 8.95. The zero-order chi connectivity index (χ0) is 20.9. The van der Waals surface area contributed by atoms with Crippen LogP contribution < -0.4 is 0 Å². The highest BCUT2D eigenvalue weighted by Crippen LogP contribution is 2.44. The van der Waals surface area contributed by atoms with E-state index < -0.39 is 0 Å². The van der Waals surface area contributed by atoms with Gasteiger partial charge < -0.3 is 0 Å². The lowest BCUT2D eigenvalue weighted by atomic mass is 9.87. The van der Waals surface area contributed by atoms with Gasteiger partial charge in [-0.2, -0.15) is 0 Å². The minimum atomic E-state index is 0.691. The Morgan fingerprint density at radius 2 is 1.39 bits per heavy atom. The standard InChI is InChI=1S/C28H19ClN2/c1-18-12-14-22-23(16-18)25(19-8-4-2-5-9-19)26(20-10-6-3-7-11-20)28-27(22)30-24-15-13-21(29)17-31(24)28/h2-17H,1H3. The number of pyridine rings is 1. The molecule has 2 aromatic heterocycles. The van der Waals surface area contributed by atoms with Crippen LogP contribution in [-0.4, -0.2) is 9.38 Å². The van der Waals surface area contributed by atoms with Crippen LogP contribution in [0.2, 0.25) is 5.02 Å². The van der Waals surface area contributed by atoms with Crippen LogP contribution in [-0.2, 0) is 0 Å². The molecular weight excluding hydrogens is 400 g/mol. The van der Waals surface area contributed by atoms with Crippen molar-refractivity contribution in [1.82, 2.24) is 9.38 Å². The summed E-state index contributed by atoms with van der Waals surface area (Å²) in [5, 5.41) is 3.06. The van der Waals surface area contributed by atoms with Crippen LogP contribution in [0, 0.1) is 6.92 Å². The van der Waals surface area contributed by atoms with Gasteiger partial charge in [-0.15, -0.1) is 0 Å². The maximum absolute atomic E-state index is 6.42. The van der Waals surface area contributed by atoms with E-state index in [2.05, 4.69) is 90.2 Å². The molecule has 0 unspecified atom stereocenters. The second-order valence-corrected chi connectivity index (χ2v) is 8.35.